The van der Waals surface area contributed by atoms with Crippen LogP contribution in [-0.4, -0.2) is 53.5 Å². The lowest BCUT2D eigenvalue weighted by Gasteiger charge is -2.11. The molecule has 4 aromatic rings. The zero-order valence-electron chi connectivity index (χ0n) is 18.1. The summed E-state index contributed by atoms with van der Waals surface area (Å²) in [4.78, 5) is 20.4. The van der Waals surface area contributed by atoms with Gasteiger partial charge >= 0.3 is 0 Å². The van der Waals surface area contributed by atoms with E-state index in [1.54, 1.807) is 7.05 Å². The quantitative estimate of drug-likeness (QED) is 0.334. The second kappa shape index (κ2) is 9.14. The van der Waals surface area contributed by atoms with Crippen LogP contribution in [0.15, 0.2) is 58.2 Å². The van der Waals surface area contributed by atoms with E-state index < -0.39 is 10.0 Å². The smallest absolute Gasteiger partial charge is 0.262 e. The molecular formula is C22H23N5O5S. The Morgan fingerprint density at radius 3 is 2.64 bits per heavy atom. The first-order valence-electron chi connectivity index (χ1n) is 10.2. The van der Waals surface area contributed by atoms with Crippen LogP contribution in [0.2, 0.25) is 0 Å². The van der Waals surface area contributed by atoms with Crippen LogP contribution >= 0.6 is 0 Å². The molecule has 0 aliphatic heterocycles. The first kappa shape index (κ1) is 22.6. The fraction of sp³-hybridized carbons (Fsp3) is 0.227. The number of fused-ring (bicyclic) bond motifs is 1. The van der Waals surface area contributed by atoms with Crippen LogP contribution in [0.3, 0.4) is 0 Å². The summed E-state index contributed by atoms with van der Waals surface area (Å²) in [6, 6.07) is 13.6. The highest BCUT2D eigenvalue weighted by atomic mass is 32.2. The maximum Gasteiger partial charge on any atom is 0.262 e. The van der Waals surface area contributed by atoms with Crippen molar-refractivity contribution in [2.24, 2.45) is 7.05 Å². The third-order valence-electron chi connectivity index (χ3n) is 5.11. The van der Waals surface area contributed by atoms with E-state index in [-0.39, 0.29) is 35.2 Å². The first-order chi connectivity index (χ1) is 15.9. The van der Waals surface area contributed by atoms with Gasteiger partial charge in [0, 0.05) is 31.8 Å². The van der Waals surface area contributed by atoms with Gasteiger partial charge in [0.2, 0.25) is 10.0 Å². The number of methoxy groups -OCH3 is 1. The molecule has 0 aliphatic carbocycles. The standard InChI is InChI=1S/C22H23N5O5S/c1-27-21-18(19(26-27)14-7-4-3-5-8-14)22(29)25-20(24-21)16-10-9-15(13-17(16)32-2)33(30,31)23-11-6-12-28/h3-5,7-10,13,23,28H,6,11-12H2,1-2H3,(H,24,25,29). The summed E-state index contributed by atoms with van der Waals surface area (Å²) in [7, 11) is -0.679. The van der Waals surface area contributed by atoms with Gasteiger partial charge < -0.3 is 14.8 Å². The van der Waals surface area contributed by atoms with E-state index in [0.29, 0.717) is 28.7 Å². The predicted molar refractivity (Wildman–Crippen MR) is 123 cm³/mol. The molecule has 4 rings (SSSR count). The van der Waals surface area contributed by atoms with Crippen LogP contribution in [0.25, 0.3) is 33.7 Å². The summed E-state index contributed by atoms with van der Waals surface area (Å²) in [5, 5.41) is 13.7. The Bertz CT molecular complexity index is 1460. The van der Waals surface area contributed by atoms with Crippen LogP contribution in [-0.2, 0) is 17.1 Å². The Hall–Kier alpha value is -3.54. The largest absolute Gasteiger partial charge is 0.496 e. The average molecular weight is 470 g/mol. The van der Waals surface area contributed by atoms with E-state index >= 15 is 0 Å². The number of benzene rings is 2. The van der Waals surface area contributed by atoms with Gasteiger partial charge in [-0.3, -0.25) is 4.79 Å². The average Bonchev–Trinajstić information content (AvgIpc) is 3.16. The van der Waals surface area contributed by atoms with Gasteiger partial charge in [0.05, 0.1) is 17.6 Å². The highest BCUT2D eigenvalue weighted by Gasteiger charge is 2.21. The summed E-state index contributed by atoms with van der Waals surface area (Å²) in [6.07, 6.45) is 0.301. The second-order valence-corrected chi connectivity index (χ2v) is 9.06. The van der Waals surface area contributed by atoms with Gasteiger partial charge in [-0.1, -0.05) is 30.3 Å². The molecule has 3 N–H and O–H groups in total. The van der Waals surface area contributed by atoms with Gasteiger partial charge in [-0.2, -0.15) is 5.10 Å². The molecule has 172 valence electrons. The molecule has 0 aliphatic rings. The van der Waals surface area contributed by atoms with Gasteiger partial charge in [0.1, 0.15) is 22.7 Å². The number of H-pyrrole nitrogens is 1. The Morgan fingerprint density at radius 1 is 1.18 bits per heavy atom. The van der Waals surface area contributed by atoms with Crippen molar-refractivity contribution >= 4 is 21.1 Å². The number of aromatic amines is 1. The number of ether oxygens (including phenoxy) is 1. The normalized spacial score (nSPS) is 11.7. The molecule has 0 fully saturated rings. The van der Waals surface area contributed by atoms with Gasteiger partial charge in [-0.05, 0) is 18.6 Å². The van der Waals surface area contributed by atoms with E-state index in [1.165, 1.54) is 30.0 Å². The monoisotopic (exact) mass is 469 g/mol. The van der Waals surface area contributed by atoms with Crippen LogP contribution in [0.4, 0.5) is 0 Å². The minimum absolute atomic E-state index is 0.00337. The fourth-order valence-electron chi connectivity index (χ4n) is 3.49. The number of nitrogens with zero attached hydrogens (tertiary/aromatic N) is 3. The van der Waals surface area contributed by atoms with Crippen molar-refractivity contribution in [3.8, 4) is 28.4 Å². The number of nitrogens with one attached hydrogen (secondary N) is 2. The number of aromatic nitrogens is 4. The number of aliphatic hydroxyl groups excluding tert-OH is 1. The molecule has 33 heavy (non-hydrogen) atoms. The van der Waals surface area contributed by atoms with Crippen LogP contribution in [0.5, 0.6) is 5.75 Å². The Morgan fingerprint density at radius 2 is 1.94 bits per heavy atom. The van der Waals surface area contributed by atoms with E-state index in [2.05, 4.69) is 19.8 Å². The van der Waals surface area contributed by atoms with E-state index in [1.807, 2.05) is 30.3 Å². The van der Waals surface area contributed by atoms with Crippen molar-refractivity contribution in [1.29, 1.82) is 0 Å². The summed E-state index contributed by atoms with van der Waals surface area (Å²) in [6.45, 7) is -0.00896. The molecule has 0 unspecified atom stereocenters. The third-order valence-corrected chi connectivity index (χ3v) is 6.56. The van der Waals surface area contributed by atoms with Gasteiger partial charge in [0.15, 0.2) is 5.65 Å². The third kappa shape index (κ3) is 4.38. The zero-order valence-corrected chi connectivity index (χ0v) is 18.9. The van der Waals surface area contributed by atoms with Crippen LogP contribution < -0.4 is 15.0 Å². The number of rotatable bonds is 8. The molecule has 2 aromatic heterocycles. The van der Waals surface area contributed by atoms with Crippen LogP contribution in [0.1, 0.15) is 6.42 Å². The summed E-state index contributed by atoms with van der Waals surface area (Å²) >= 11 is 0. The van der Waals surface area contributed by atoms with Crippen molar-refractivity contribution in [3.05, 3.63) is 58.9 Å². The summed E-state index contributed by atoms with van der Waals surface area (Å²) in [5.74, 6) is 0.456. The van der Waals surface area contributed by atoms with Gasteiger partial charge in [-0.15, -0.1) is 0 Å². The molecule has 0 spiro atoms. The van der Waals surface area contributed by atoms with E-state index in [4.69, 9.17) is 9.84 Å². The molecule has 0 saturated carbocycles. The number of hydrogen-bond acceptors (Lipinski definition) is 7. The minimum Gasteiger partial charge on any atom is -0.496 e. The molecule has 0 radical (unpaired) electrons. The minimum atomic E-state index is -3.79. The van der Waals surface area contributed by atoms with E-state index in [0.717, 1.165) is 5.56 Å². The molecule has 2 aromatic carbocycles. The molecule has 0 saturated heterocycles. The number of aryl methyl sites for hydroxylation is 1. The van der Waals surface area contributed by atoms with Crippen molar-refractivity contribution in [2.75, 3.05) is 20.3 Å². The van der Waals surface area contributed by atoms with Crippen molar-refractivity contribution in [1.82, 2.24) is 24.5 Å². The first-order valence-corrected chi connectivity index (χ1v) is 11.7. The van der Waals surface area contributed by atoms with Gasteiger partial charge in [-0.25, -0.2) is 22.8 Å². The molecule has 0 bridgehead atoms. The zero-order chi connectivity index (χ0) is 23.6. The molecule has 11 heteroatoms. The number of aliphatic hydroxyl groups is 1. The van der Waals surface area contributed by atoms with Crippen LogP contribution in [0, 0.1) is 0 Å². The lowest BCUT2D eigenvalue weighted by atomic mass is 10.1. The Balaban J connectivity index is 1.80. The highest BCUT2D eigenvalue weighted by molar-refractivity contribution is 7.89. The Labute approximate surface area is 189 Å². The van der Waals surface area contributed by atoms with Crippen molar-refractivity contribution in [3.63, 3.8) is 0 Å². The second-order valence-electron chi connectivity index (χ2n) is 7.29. The summed E-state index contributed by atoms with van der Waals surface area (Å²) in [5.41, 5.74) is 1.76. The number of sulfonamides is 1. The van der Waals surface area contributed by atoms with Crippen molar-refractivity contribution < 1.29 is 18.3 Å². The lowest BCUT2D eigenvalue weighted by Crippen LogP contribution is -2.25. The topological polar surface area (TPSA) is 139 Å². The molecule has 0 amide bonds. The maximum atomic E-state index is 13.0. The molecule has 10 nitrogen and oxygen atoms in total. The number of hydrogen-bond donors (Lipinski definition) is 3. The van der Waals surface area contributed by atoms with E-state index in [9.17, 15) is 13.2 Å². The fourth-order valence-corrected chi connectivity index (χ4v) is 4.57. The molecule has 0 atom stereocenters. The molecule has 2 heterocycles. The van der Waals surface area contributed by atoms with Gasteiger partial charge in [0.25, 0.3) is 5.56 Å². The highest BCUT2D eigenvalue weighted by Crippen LogP contribution is 2.31. The SMILES string of the molecule is COc1cc(S(=O)(=O)NCCCO)ccc1-c1nc2c(c(-c3ccccc3)nn2C)c(=O)[nH]1. The maximum absolute atomic E-state index is 13.0. The molecular weight excluding hydrogens is 446 g/mol. The lowest BCUT2D eigenvalue weighted by molar-refractivity contribution is 0.289. The summed E-state index contributed by atoms with van der Waals surface area (Å²) < 4.78 is 34.4. The van der Waals surface area contributed by atoms with Crippen molar-refractivity contribution in [2.45, 2.75) is 11.3 Å². The Kier molecular flexibility index (Phi) is 6.27. The predicted octanol–water partition coefficient (Wildman–Crippen LogP) is 1.66.